The molecule has 1 aromatic carbocycles. The Hall–Kier alpha value is -2.80. The van der Waals surface area contributed by atoms with Gasteiger partial charge in [-0.25, -0.2) is 9.78 Å². The highest BCUT2D eigenvalue weighted by molar-refractivity contribution is 6.33. The summed E-state index contributed by atoms with van der Waals surface area (Å²) in [5.74, 6) is 0.519. The minimum Gasteiger partial charge on any atom is -0.365 e. The first-order valence-corrected chi connectivity index (χ1v) is 10.7. The van der Waals surface area contributed by atoms with Crippen molar-refractivity contribution in [3.05, 3.63) is 52.7 Å². The van der Waals surface area contributed by atoms with Gasteiger partial charge in [0.15, 0.2) is 0 Å². The molecule has 0 unspecified atom stereocenters. The summed E-state index contributed by atoms with van der Waals surface area (Å²) in [6.07, 6.45) is 4.84. The number of likely N-dealkylation sites (tertiary alicyclic amines) is 1. The third-order valence-electron chi connectivity index (χ3n) is 4.82. The Labute approximate surface area is 182 Å². The molecule has 160 valence electrons. The number of urea groups is 1. The van der Waals surface area contributed by atoms with E-state index in [1.165, 1.54) is 6.42 Å². The fourth-order valence-electron chi connectivity index (χ4n) is 3.29. The summed E-state index contributed by atoms with van der Waals surface area (Å²) in [5, 5.41) is 9.18. The zero-order chi connectivity index (χ0) is 21.5. The van der Waals surface area contributed by atoms with Crippen LogP contribution in [0.3, 0.4) is 0 Å². The van der Waals surface area contributed by atoms with E-state index in [-0.39, 0.29) is 18.0 Å². The number of halogens is 1. The molecule has 1 saturated heterocycles. The molecule has 0 spiro atoms. The zero-order valence-electron chi connectivity index (χ0n) is 17.4. The van der Waals surface area contributed by atoms with E-state index in [0.717, 1.165) is 31.5 Å². The van der Waals surface area contributed by atoms with Gasteiger partial charge in [0.05, 0.1) is 10.6 Å². The van der Waals surface area contributed by atoms with E-state index in [1.807, 2.05) is 43.0 Å². The topological polar surface area (TPSA) is 86.4 Å². The minimum atomic E-state index is -0.231. The van der Waals surface area contributed by atoms with Crippen LogP contribution in [0.25, 0.3) is 0 Å². The third kappa shape index (κ3) is 6.10. The molecule has 3 N–H and O–H groups in total. The first-order valence-electron chi connectivity index (χ1n) is 10.3. The van der Waals surface area contributed by atoms with Crippen LogP contribution in [0.2, 0.25) is 5.02 Å². The number of carbonyl (C=O) groups excluding carboxylic acids is 2. The van der Waals surface area contributed by atoms with Crippen molar-refractivity contribution in [3.63, 3.8) is 0 Å². The molecule has 0 atom stereocenters. The quantitative estimate of drug-likeness (QED) is 0.630. The van der Waals surface area contributed by atoms with Crippen molar-refractivity contribution in [1.82, 2.24) is 15.2 Å². The lowest BCUT2D eigenvalue weighted by Gasteiger charge is -2.26. The van der Waals surface area contributed by atoms with E-state index in [4.69, 9.17) is 11.6 Å². The van der Waals surface area contributed by atoms with Crippen molar-refractivity contribution in [2.45, 2.75) is 45.7 Å². The highest BCUT2D eigenvalue weighted by Crippen LogP contribution is 2.23. The van der Waals surface area contributed by atoms with E-state index in [1.54, 1.807) is 12.3 Å². The van der Waals surface area contributed by atoms with E-state index < -0.39 is 0 Å². The predicted molar refractivity (Wildman–Crippen MR) is 120 cm³/mol. The maximum atomic E-state index is 12.6. The molecule has 1 aliphatic heterocycles. The lowest BCUT2D eigenvalue weighted by molar-refractivity contribution is 0.0724. The van der Waals surface area contributed by atoms with Gasteiger partial charge in [-0.1, -0.05) is 23.7 Å². The Bertz CT molecular complexity index is 880. The van der Waals surface area contributed by atoms with E-state index in [2.05, 4.69) is 20.9 Å². The van der Waals surface area contributed by atoms with Crippen molar-refractivity contribution in [3.8, 4) is 0 Å². The molecule has 3 rings (SSSR count). The van der Waals surface area contributed by atoms with Crippen molar-refractivity contribution in [2.24, 2.45) is 0 Å². The number of nitrogens with one attached hydrogen (secondary N) is 3. The molecule has 0 radical (unpaired) electrons. The average Bonchev–Trinajstić information content (AvgIpc) is 2.73. The number of hydrogen-bond acceptors (Lipinski definition) is 4. The predicted octanol–water partition coefficient (Wildman–Crippen LogP) is 4.50. The van der Waals surface area contributed by atoms with Gasteiger partial charge in [0, 0.05) is 37.6 Å². The van der Waals surface area contributed by atoms with Gasteiger partial charge in [-0.3, -0.25) is 4.79 Å². The van der Waals surface area contributed by atoms with Crippen molar-refractivity contribution < 1.29 is 9.59 Å². The Kier molecular flexibility index (Phi) is 7.52. The second-order valence-electron chi connectivity index (χ2n) is 7.71. The highest BCUT2D eigenvalue weighted by Gasteiger charge is 2.19. The van der Waals surface area contributed by atoms with Gasteiger partial charge in [0.2, 0.25) is 0 Å². The molecule has 7 nitrogen and oxygen atoms in total. The number of amides is 3. The number of hydrogen-bond donors (Lipinski definition) is 3. The molecule has 0 aliphatic carbocycles. The van der Waals surface area contributed by atoms with Crippen LogP contribution in [0.1, 0.15) is 49.0 Å². The minimum absolute atomic E-state index is 0.0137. The van der Waals surface area contributed by atoms with E-state index >= 15 is 0 Å². The SMILES string of the molecule is CC(C)NC(=O)Nc1ccc(CNc2ncc(C(=O)N3CCCCC3)cc2Cl)cc1. The lowest BCUT2D eigenvalue weighted by Crippen LogP contribution is -2.35. The van der Waals surface area contributed by atoms with Gasteiger partial charge in [0.25, 0.3) is 5.91 Å². The monoisotopic (exact) mass is 429 g/mol. The van der Waals surface area contributed by atoms with Crippen molar-refractivity contribution in [2.75, 3.05) is 23.7 Å². The molecule has 3 amide bonds. The summed E-state index contributed by atoms with van der Waals surface area (Å²) in [6, 6.07) is 9.03. The average molecular weight is 430 g/mol. The molecule has 1 aliphatic rings. The van der Waals surface area contributed by atoms with Crippen LogP contribution < -0.4 is 16.0 Å². The second kappa shape index (κ2) is 10.3. The highest BCUT2D eigenvalue weighted by atomic mass is 35.5. The first kappa shape index (κ1) is 21.9. The third-order valence-corrected chi connectivity index (χ3v) is 5.11. The number of piperidine rings is 1. The normalized spacial score (nSPS) is 13.8. The number of rotatable bonds is 6. The largest absolute Gasteiger partial charge is 0.365 e. The van der Waals surface area contributed by atoms with Gasteiger partial charge in [-0.05, 0) is 56.9 Å². The molecule has 2 heterocycles. The van der Waals surface area contributed by atoms with Crippen LogP contribution in [0.4, 0.5) is 16.3 Å². The Balaban J connectivity index is 1.55. The van der Waals surface area contributed by atoms with Crippen LogP contribution in [0.15, 0.2) is 36.5 Å². The van der Waals surface area contributed by atoms with Crippen LogP contribution in [-0.4, -0.2) is 41.0 Å². The number of pyridine rings is 1. The van der Waals surface area contributed by atoms with E-state index in [0.29, 0.717) is 28.6 Å². The summed E-state index contributed by atoms with van der Waals surface area (Å²) in [5.41, 5.74) is 2.24. The zero-order valence-corrected chi connectivity index (χ0v) is 18.1. The fraction of sp³-hybridized carbons (Fsp3) is 0.409. The maximum Gasteiger partial charge on any atom is 0.319 e. The summed E-state index contributed by atoms with van der Waals surface area (Å²) in [6.45, 7) is 5.92. The molecule has 2 aromatic rings. The van der Waals surface area contributed by atoms with Crippen LogP contribution in [-0.2, 0) is 6.54 Å². The summed E-state index contributed by atoms with van der Waals surface area (Å²) < 4.78 is 0. The molecule has 8 heteroatoms. The van der Waals surface area contributed by atoms with Crippen LogP contribution >= 0.6 is 11.6 Å². The molecular formula is C22H28ClN5O2. The first-order chi connectivity index (χ1) is 14.4. The number of benzene rings is 1. The van der Waals surface area contributed by atoms with Crippen LogP contribution in [0.5, 0.6) is 0 Å². The maximum absolute atomic E-state index is 12.6. The Morgan fingerprint density at radius 3 is 2.47 bits per heavy atom. The van der Waals surface area contributed by atoms with Gasteiger partial charge in [0.1, 0.15) is 5.82 Å². The lowest BCUT2D eigenvalue weighted by atomic mass is 10.1. The Morgan fingerprint density at radius 2 is 1.83 bits per heavy atom. The molecule has 30 heavy (non-hydrogen) atoms. The number of carbonyl (C=O) groups is 2. The molecule has 0 bridgehead atoms. The van der Waals surface area contributed by atoms with Gasteiger partial charge in [-0.2, -0.15) is 0 Å². The van der Waals surface area contributed by atoms with Crippen molar-refractivity contribution >= 4 is 35.0 Å². The van der Waals surface area contributed by atoms with Gasteiger partial charge >= 0.3 is 6.03 Å². The van der Waals surface area contributed by atoms with Crippen LogP contribution in [0, 0.1) is 0 Å². The fourth-order valence-corrected chi connectivity index (χ4v) is 3.52. The van der Waals surface area contributed by atoms with Gasteiger partial charge < -0.3 is 20.9 Å². The number of anilines is 2. The standard InChI is InChI=1S/C22H28ClN5O2/c1-15(2)26-22(30)27-18-8-6-16(7-9-18)13-24-20-19(23)12-17(14-25-20)21(29)28-10-4-3-5-11-28/h6-9,12,14-15H,3-5,10-11,13H2,1-2H3,(H,24,25)(H2,26,27,30). The molecule has 1 aromatic heterocycles. The summed E-state index contributed by atoms with van der Waals surface area (Å²) in [4.78, 5) is 30.5. The molecular weight excluding hydrogens is 402 g/mol. The van der Waals surface area contributed by atoms with E-state index in [9.17, 15) is 9.59 Å². The molecule has 0 saturated carbocycles. The molecule has 1 fully saturated rings. The summed E-state index contributed by atoms with van der Waals surface area (Å²) >= 11 is 6.35. The Morgan fingerprint density at radius 1 is 1.13 bits per heavy atom. The summed E-state index contributed by atoms with van der Waals surface area (Å²) in [7, 11) is 0. The second-order valence-corrected chi connectivity index (χ2v) is 8.12. The number of nitrogens with zero attached hydrogens (tertiary/aromatic N) is 2. The number of aromatic nitrogens is 1. The smallest absolute Gasteiger partial charge is 0.319 e. The van der Waals surface area contributed by atoms with Gasteiger partial charge in [-0.15, -0.1) is 0 Å². The van der Waals surface area contributed by atoms with Crippen molar-refractivity contribution in [1.29, 1.82) is 0 Å².